The van der Waals surface area contributed by atoms with E-state index in [-0.39, 0.29) is 17.6 Å². The molecule has 0 radical (unpaired) electrons. The van der Waals surface area contributed by atoms with Crippen LogP contribution in [0, 0.1) is 20.8 Å². The lowest BCUT2D eigenvalue weighted by Crippen LogP contribution is -2.37. The van der Waals surface area contributed by atoms with Gasteiger partial charge in [-0.2, -0.15) is 0 Å². The number of benzene rings is 2. The number of hydrogen-bond acceptors (Lipinski definition) is 3. The van der Waals surface area contributed by atoms with Crippen LogP contribution in [-0.4, -0.2) is 22.6 Å². The molecule has 29 heavy (non-hydrogen) atoms. The maximum absolute atomic E-state index is 13.2. The first-order valence-corrected chi connectivity index (χ1v) is 9.91. The average Bonchev–Trinajstić information content (AvgIpc) is 3.01. The van der Waals surface area contributed by atoms with Crippen molar-refractivity contribution in [2.45, 2.75) is 46.7 Å². The number of carbonyl (C=O) groups is 2. The van der Waals surface area contributed by atoms with Crippen LogP contribution in [0.1, 0.15) is 68.7 Å². The van der Waals surface area contributed by atoms with Crippen molar-refractivity contribution in [3.8, 4) is 0 Å². The minimum absolute atomic E-state index is 0.0299. The van der Waals surface area contributed by atoms with Crippen LogP contribution in [0.5, 0.6) is 0 Å². The Hall–Kier alpha value is -2.98. The predicted octanol–water partition coefficient (Wildman–Crippen LogP) is 5.09. The van der Waals surface area contributed by atoms with Crippen molar-refractivity contribution in [2.75, 3.05) is 0 Å². The number of nitrogens with one attached hydrogen (secondary N) is 2. The van der Waals surface area contributed by atoms with Gasteiger partial charge in [0.1, 0.15) is 0 Å². The molecule has 0 aliphatic rings. The summed E-state index contributed by atoms with van der Waals surface area (Å²) < 4.78 is 0. The highest BCUT2D eigenvalue weighted by Crippen LogP contribution is 2.25. The van der Waals surface area contributed by atoms with Crippen molar-refractivity contribution in [3.63, 3.8) is 0 Å². The summed E-state index contributed by atoms with van der Waals surface area (Å²) in [5.74, 6) is -0.0797. The van der Waals surface area contributed by atoms with Gasteiger partial charge in [-0.1, -0.05) is 60.2 Å². The van der Waals surface area contributed by atoms with E-state index in [0.29, 0.717) is 11.3 Å². The van der Waals surface area contributed by atoms with Crippen LogP contribution in [0.2, 0.25) is 0 Å². The summed E-state index contributed by atoms with van der Waals surface area (Å²) in [6, 6.07) is 17.9. The summed E-state index contributed by atoms with van der Waals surface area (Å²) >= 11 is 0. The fourth-order valence-corrected chi connectivity index (χ4v) is 3.86. The molecule has 1 heterocycles. The normalized spacial score (nSPS) is 13.1. The Kier molecular flexibility index (Phi) is 6.14. The predicted molar refractivity (Wildman–Crippen MR) is 117 cm³/mol. The van der Waals surface area contributed by atoms with Gasteiger partial charge in [-0.25, -0.2) is 0 Å². The fraction of sp³-hybridized carbons (Fsp3) is 0.280. The van der Waals surface area contributed by atoms with E-state index in [0.717, 1.165) is 22.4 Å². The Labute approximate surface area is 172 Å². The Morgan fingerprint density at radius 3 is 2.03 bits per heavy atom. The van der Waals surface area contributed by atoms with Crippen molar-refractivity contribution < 1.29 is 9.59 Å². The SMILES string of the molecule is CC(=O)c1c(C)[nH]c(C(=O)[C@H](C)N[C@@H](c2ccccc2)c2ccc(C)cc2)c1C. The molecule has 2 N–H and O–H groups in total. The number of aromatic amines is 1. The van der Waals surface area contributed by atoms with Crippen molar-refractivity contribution in [2.24, 2.45) is 0 Å². The highest BCUT2D eigenvalue weighted by molar-refractivity contribution is 6.05. The minimum atomic E-state index is -0.432. The second kappa shape index (κ2) is 8.58. The monoisotopic (exact) mass is 388 g/mol. The van der Waals surface area contributed by atoms with Crippen LogP contribution < -0.4 is 5.32 Å². The molecule has 0 aliphatic carbocycles. The summed E-state index contributed by atoms with van der Waals surface area (Å²) in [4.78, 5) is 28.2. The number of Topliss-reactive ketones (excluding diaryl/α,β-unsaturated/α-hetero) is 2. The number of hydrogen-bond donors (Lipinski definition) is 2. The summed E-state index contributed by atoms with van der Waals surface area (Å²) in [7, 11) is 0. The van der Waals surface area contributed by atoms with Crippen molar-refractivity contribution in [1.82, 2.24) is 10.3 Å². The Morgan fingerprint density at radius 2 is 1.48 bits per heavy atom. The van der Waals surface area contributed by atoms with Crippen LogP contribution in [-0.2, 0) is 0 Å². The first-order valence-electron chi connectivity index (χ1n) is 9.91. The molecule has 0 amide bonds. The molecule has 0 fully saturated rings. The topological polar surface area (TPSA) is 62.0 Å². The lowest BCUT2D eigenvalue weighted by molar-refractivity contribution is 0.0941. The lowest BCUT2D eigenvalue weighted by atomic mass is 9.96. The third-order valence-electron chi connectivity index (χ3n) is 5.39. The molecule has 4 heteroatoms. The van der Waals surface area contributed by atoms with Crippen molar-refractivity contribution in [3.05, 3.63) is 93.8 Å². The van der Waals surface area contributed by atoms with E-state index < -0.39 is 6.04 Å². The van der Waals surface area contributed by atoms with Crippen LogP contribution in [0.25, 0.3) is 0 Å². The van der Waals surface area contributed by atoms with Gasteiger partial charge in [0.25, 0.3) is 0 Å². The number of rotatable bonds is 7. The molecule has 0 saturated carbocycles. The molecule has 0 unspecified atom stereocenters. The highest BCUT2D eigenvalue weighted by atomic mass is 16.1. The third-order valence-corrected chi connectivity index (χ3v) is 5.39. The quantitative estimate of drug-likeness (QED) is 0.554. The molecule has 0 aliphatic heterocycles. The van der Waals surface area contributed by atoms with Gasteiger partial charge in [0, 0.05) is 11.3 Å². The van der Waals surface area contributed by atoms with Gasteiger partial charge in [0.05, 0.1) is 17.8 Å². The zero-order valence-electron chi connectivity index (χ0n) is 17.7. The first kappa shape index (κ1) is 20.7. The van der Waals surface area contributed by atoms with E-state index in [1.165, 1.54) is 12.5 Å². The maximum atomic E-state index is 13.2. The fourth-order valence-electron chi connectivity index (χ4n) is 3.86. The van der Waals surface area contributed by atoms with Crippen LogP contribution in [0.4, 0.5) is 0 Å². The third kappa shape index (κ3) is 4.38. The summed E-state index contributed by atoms with van der Waals surface area (Å²) in [6.45, 7) is 9.12. The number of aryl methyl sites for hydroxylation is 2. The van der Waals surface area contributed by atoms with Crippen LogP contribution >= 0.6 is 0 Å². The molecule has 1 aromatic heterocycles. The van der Waals surface area contributed by atoms with Crippen molar-refractivity contribution >= 4 is 11.6 Å². The van der Waals surface area contributed by atoms with Gasteiger partial charge in [-0.05, 0) is 51.3 Å². The summed E-state index contributed by atoms with van der Waals surface area (Å²) in [5.41, 5.74) is 5.97. The standard InChI is InChI=1S/C25H28N2O2/c1-15-11-13-21(14-12-15)24(20-9-7-6-8-10-20)27-18(4)25(29)23-16(2)22(19(5)28)17(3)26-23/h6-14,18,24,26-27H,1-5H3/t18-,24-/m0/s1. The number of ketones is 2. The summed E-state index contributed by atoms with van der Waals surface area (Å²) in [5, 5.41) is 3.50. The van der Waals surface area contributed by atoms with Gasteiger partial charge in [-0.3, -0.25) is 14.9 Å². The number of carbonyl (C=O) groups excluding carboxylic acids is 2. The Bertz CT molecular complexity index is 1020. The van der Waals surface area contributed by atoms with E-state index in [4.69, 9.17) is 0 Å². The Morgan fingerprint density at radius 1 is 0.897 bits per heavy atom. The zero-order valence-corrected chi connectivity index (χ0v) is 17.7. The van der Waals surface area contributed by atoms with Crippen LogP contribution in [0.3, 0.4) is 0 Å². The van der Waals surface area contributed by atoms with E-state index in [9.17, 15) is 9.59 Å². The molecule has 2 atom stereocenters. The largest absolute Gasteiger partial charge is 0.355 e. The highest BCUT2D eigenvalue weighted by Gasteiger charge is 2.26. The Balaban J connectivity index is 1.92. The van der Waals surface area contributed by atoms with Gasteiger partial charge in [0.15, 0.2) is 11.6 Å². The van der Waals surface area contributed by atoms with E-state index in [2.05, 4.69) is 53.6 Å². The average molecular weight is 389 g/mol. The molecular weight excluding hydrogens is 360 g/mol. The molecule has 150 valence electrons. The van der Waals surface area contributed by atoms with E-state index in [1.807, 2.05) is 39.0 Å². The molecule has 0 bridgehead atoms. The number of aromatic nitrogens is 1. The van der Waals surface area contributed by atoms with Gasteiger partial charge < -0.3 is 4.98 Å². The second-order valence-corrected chi connectivity index (χ2v) is 7.69. The smallest absolute Gasteiger partial charge is 0.195 e. The maximum Gasteiger partial charge on any atom is 0.195 e. The first-order chi connectivity index (χ1) is 13.8. The van der Waals surface area contributed by atoms with Gasteiger partial charge >= 0.3 is 0 Å². The lowest BCUT2D eigenvalue weighted by Gasteiger charge is -2.24. The summed E-state index contributed by atoms with van der Waals surface area (Å²) in [6.07, 6.45) is 0. The number of H-pyrrole nitrogens is 1. The zero-order chi connectivity index (χ0) is 21.1. The van der Waals surface area contributed by atoms with Crippen LogP contribution in [0.15, 0.2) is 54.6 Å². The van der Waals surface area contributed by atoms with Gasteiger partial charge in [-0.15, -0.1) is 0 Å². The molecular formula is C25H28N2O2. The van der Waals surface area contributed by atoms with Gasteiger partial charge in [0.2, 0.25) is 0 Å². The molecule has 4 nitrogen and oxygen atoms in total. The molecule has 2 aromatic carbocycles. The second-order valence-electron chi connectivity index (χ2n) is 7.69. The van der Waals surface area contributed by atoms with E-state index >= 15 is 0 Å². The van der Waals surface area contributed by atoms with Crippen molar-refractivity contribution in [1.29, 1.82) is 0 Å². The molecule has 3 rings (SSSR count). The molecule has 0 saturated heterocycles. The van der Waals surface area contributed by atoms with E-state index in [1.54, 1.807) is 0 Å². The molecule has 3 aromatic rings. The minimum Gasteiger partial charge on any atom is -0.355 e. The molecule has 0 spiro atoms.